The monoisotopic (exact) mass is 704 g/mol. The first-order chi connectivity index (χ1) is 24.4. The van der Waals surface area contributed by atoms with Gasteiger partial charge in [0.1, 0.15) is 11.5 Å². The van der Waals surface area contributed by atoms with Gasteiger partial charge in [-0.3, -0.25) is 0 Å². The molecule has 0 fully saturated rings. The van der Waals surface area contributed by atoms with Crippen LogP contribution in [0.3, 0.4) is 0 Å². The molecule has 268 valence electrons. The van der Waals surface area contributed by atoms with E-state index in [0.717, 1.165) is 48.7 Å². The molecule has 3 aromatic carbocycles. The zero-order valence-electron chi connectivity index (χ0n) is 32.1. The molecule has 0 amide bonds. The average molecular weight is 705 g/mol. The molecule has 3 aromatic rings. The van der Waals surface area contributed by atoms with Crippen molar-refractivity contribution in [2.24, 2.45) is 0 Å². The summed E-state index contributed by atoms with van der Waals surface area (Å²) in [5.41, 5.74) is 11.6. The summed E-state index contributed by atoms with van der Waals surface area (Å²) < 4.78 is 13.1. The van der Waals surface area contributed by atoms with E-state index in [0.29, 0.717) is 0 Å². The summed E-state index contributed by atoms with van der Waals surface area (Å²) in [6.45, 7) is 15.2. The van der Waals surface area contributed by atoms with Gasteiger partial charge in [-0.2, -0.15) is 0 Å². The van der Waals surface area contributed by atoms with Crippen molar-refractivity contribution < 1.29 is 9.47 Å². The van der Waals surface area contributed by atoms with Crippen molar-refractivity contribution in [3.63, 3.8) is 0 Å². The van der Waals surface area contributed by atoms with Crippen molar-refractivity contribution in [2.45, 2.75) is 117 Å². The third kappa shape index (κ3) is 17.0. The van der Waals surface area contributed by atoms with Gasteiger partial charge >= 0.3 is 0 Å². The molecule has 4 heteroatoms. The fourth-order valence-electron chi connectivity index (χ4n) is 5.57. The number of unbranched alkanes of at least 4 members (excludes halogenated alkanes) is 10. The van der Waals surface area contributed by atoms with Crippen LogP contribution < -0.4 is 9.47 Å². The molecule has 0 atom stereocenters. The molecule has 0 saturated heterocycles. The predicted octanol–water partition coefficient (Wildman–Crippen LogP) is 14.1. The van der Waals surface area contributed by atoms with Gasteiger partial charge in [-0.25, -0.2) is 0 Å². The Balaban J connectivity index is 1.89. The van der Waals surface area contributed by atoms with Crippen molar-refractivity contribution in [1.82, 2.24) is 0 Å². The van der Waals surface area contributed by atoms with Crippen LogP contribution in [0.5, 0.6) is 11.5 Å². The highest BCUT2D eigenvalue weighted by atomic mass is 28.3. The van der Waals surface area contributed by atoms with Gasteiger partial charge < -0.3 is 9.47 Å². The second-order valence-corrected chi connectivity index (χ2v) is 19.0. The molecular formula is C46H64O2Si2. The third-order valence-corrected chi connectivity index (χ3v) is 10.3. The highest BCUT2D eigenvalue weighted by molar-refractivity contribution is 6.62. The molecule has 0 saturated carbocycles. The van der Waals surface area contributed by atoms with E-state index in [1.165, 1.54) is 86.5 Å². The first-order valence-electron chi connectivity index (χ1n) is 19.3. The van der Waals surface area contributed by atoms with Crippen molar-refractivity contribution >= 4 is 54.0 Å². The zero-order valence-corrected chi connectivity index (χ0v) is 34.1. The van der Waals surface area contributed by atoms with Crippen molar-refractivity contribution in [1.29, 1.82) is 0 Å². The van der Waals surface area contributed by atoms with E-state index in [1.807, 2.05) is 0 Å². The summed E-state index contributed by atoms with van der Waals surface area (Å²) in [4.78, 5) is 0. The van der Waals surface area contributed by atoms with Gasteiger partial charge in [0.2, 0.25) is 0 Å². The minimum Gasteiger partial charge on any atom is -0.493 e. The highest BCUT2D eigenvalue weighted by Crippen LogP contribution is 2.33. The van der Waals surface area contributed by atoms with Crippen LogP contribution in [0.2, 0.25) is 26.2 Å². The van der Waals surface area contributed by atoms with Crippen LogP contribution in [-0.4, -0.2) is 30.8 Å². The minimum atomic E-state index is -0.383. The molecule has 2 nitrogen and oxygen atoms in total. The lowest BCUT2D eigenvalue weighted by Gasteiger charge is -2.15. The van der Waals surface area contributed by atoms with Crippen LogP contribution in [0.15, 0.2) is 72.1 Å². The van der Waals surface area contributed by atoms with Gasteiger partial charge in [-0.05, 0) is 47.2 Å². The van der Waals surface area contributed by atoms with Crippen LogP contribution in [-0.2, 0) is 0 Å². The van der Waals surface area contributed by atoms with Gasteiger partial charge in [-0.1, -0.05) is 201 Å². The first-order valence-corrected chi connectivity index (χ1v) is 24.5. The molecule has 0 aromatic heterocycles. The van der Waals surface area contributed by atoms with E-state index in [4.69, 9.17) is 9.47 Å². The fraction of sp³-hybridized carbons (Fsp3) is 0.435. The quantitative estimate of drug-likeness (QED) is 0.0525. The van der Waals surface area contributed by atoms with Gasteiger partial charge in [0, 0.05) is 11.1 Å². The summed E-state index contributed by atoms with van der Waals surface area (Å²) in [6, 6.07) is 22.0. The van der Waals surface area contributed by atoms with Crippen molar-refractivity contribution in [2.75, 3.05) is 13.2 Å². The molecule has 0 aliphatic heterocycles. The van der Waals surface area contributed by atoms with E-state index in [2.05, 4.69) is 149 Å². The van der Waals surface area contributed by atoms with Crippen molar-refractivity contribution in [3.05, 3.63) is 105 Å². The molecule has 0 heterocycles. The molecule has 50 heavy (non-hydrogen) atoms. The largest absolute Gasteiger partial charge is 0.493 e. The molecule has 2 radical (unpaired) electrons. The Morgan fingerprint density at radius 3 is 1.08 bits per heavy atom. The summed E-state index contributed by atoms with van der Waals surface area (Å²) in [7, 11) is -0.766. The topological polar surface area (TPSA) is 18.5 Å². The maximum absolute atomic E-state index is 6.54. The van der Waals surface area contributed by atoms with E-state index < -0.39 is 0 Å². The molecule has 3 rings (SSSR count). The summed E-state index contributed by atoms with van der Waals surface area (Å²) in [5.74, 6) is 1.83. The lowest BCUT2D eigenvalue weighted by molar-refractivity contribution is 0.295. The summed E-state index contributed by atoms with van der Waals surface area (Å²) in [6.07, 6.45) is 28.2. The Labute approximate surface area is 309 Å². The number of hydrogen-bond acceptors (Lipinski definition) is 2. The predicted molar refractivity (Wildman–Crippen MR) is 228 cm³/mol. The van der Waals surface area contributed by atoms with E-state index in [1.54, 1.807) is 0 Å². The Morgan fingerprint density at radius 2 is 0.740 bits per heavy atom. The van der Waals surface area contributed by atoms with Crippen LogP contribution in [0.25, 0.3) is 36.5 Å². The van der Waals surface area contributed by atoms with Crippen LogP contribution in [0.1, 0.15) is 124 Å². The molecule has 0 bridgehead atoms. The Hall–Kier alpha value is -3.35. The fourth-order valence-corrected chi connectivity index (χ4v) is 6.62. The number of rotatable bonds is 24. The maximum Gasteiger partial charge on any atom is 0.127 e. The number of ether oxygens (including phenoxy) is 2. The van der Waals surface area contributed by atoms with E-state index in [9.17, 15) is 0 Å². The maximum atomic E-state index is 6.54. The smallest absolute Gasteiger partial charge is 0.127 e. The zero-order chi connectivity index (χ0) is 35.8. The molecule has 0 spiro atoms. The van der Waals surface area contributed by atoms with Gasteiger partial charge in [-0.15, -0.1) is 0 Å². The van der Waals surface area contributed by atoms with Gasteiger partial charge in [0.25, 0.3) is 0 Å². The summed E-state index contributed by atoms with van der Waals surface area (Å²) in [5, 5.41) is 0. The van der Waals surface area contributed by atoms with E-state index >= 15 is 0 Å². The molecule has 0 aliphatic rings. The SMILES string of the molecule is CCCCCCCCOc1cc(/C=C/c2ccc(/C=C/[Si](C)C)cc2)c(OCCCCCCCC)cc1/C=C/c1ccc(/C=C/[Si](C)C)cc1. The highest BCUT2D eigenvalue weighted by Gasteiger charge is 2.11. The average Bonchev–Trinajstić information content (AvgIpc) is 3.12. The number of benzene rings is 3. The van der Waals surface area contributed by atoms with Crippen molar-refractivity contribution in [3.8, 4) is 11.5 Å². The lowest BCUT2D eigenvalue weighted by atomic mass is 10.0. The Bertz CT molecular complexity index is 1350. The Morgan fingerprint density at radius 1 is 0.420 bits per heavy atom. The molecule has 0 N–H and O–H groups in total. The second-order valence-electron chi connectivity index (χ2n) is 14.0. The molecule has 0 unspecified atom stereocenters. The molecule has 0 aliphatic carbocycles. The van der Waals surface area contributed by atoms with Crippen LogP contribution in [0.4, 0.5) is 0 Å². The number of hydrogen-bond donors (Lipinski definition) is 0. The second kappa shape index (κ2) is 24.7. The van der Waals surface area contributed by atoms with Crippen LogP contribution >= 0.6 is 0 Å². The minimum absolute atomic E-state index is 0.383. The first kappa shape index (κ1) is 41.1. The Kier molecular flexibility index (Phi) is 20.3. The normalized spacial score (nSPS) is 12.2. The third-order valence-electron chi connectivity index (χ3n) is 8.65. The van der Waals surface area contributed by atoms with Crippen LogP contribution in [0, 0.1) is 0 Å². The standard InChI is InChI=1S/C46H64O2Si2/c1-7-9-11-13-15-17-33-47-45-37-44(30-28-40-21-25-42(26-22-40)32-36-50(5)6)46(48-34-18-16-14-12-10-8-2)38-43(45)29-27-39-19-23-41(24-20-39)31-35-49(3)4/h19-32,35-38H,7-18,33-34H2,1-6H3/b29-27+,30-28+,35-31+,36-32+. The van der Waals surface area contributed by atoms with E-state index in [-0.39, 0.29) is 17.6 Å². The lowest BCUT2D eigenvalue weighted by Crippen LogP contribution is -2.03. The summed E-state index contributed by atoms with van der Waals surface area (Å²) >= 11 is 0. The molecular weight excluding hydrogens is 641 g/mol. The van der Waals surface area contributed by atoms with Gasteiger partial charge in [0.15, 0.2) is 0 Å². The van der Waals surface area contributed by atoms with Gasteiger partial charge in [0.05, 0.1) is 30.8 Å².